The third-order valence-corrected chi connectivity index (χ3v) is 5.17. The highest BCUT2D eigenvalue weighted by Gasteiger charge is 2.16. The van der Waals surface area contributed by atoms with Crippen molar-refractivity contribution in [2.24, 2.45) is 5.10 Å². The number of fused-ring (bicyclic) bond motifs is 3. The van der Waals surface area contributed by atoms with Crippen molar-refractivity contribution in [1.29, 1.82) is 0 Å². The summed E-state index contributed by atoms with van der Waals surface area (Å²) in [5.41, 5.74) is 5.89. The van der Waals surface area contributed by atoms with Crippen molar-refractivity contribution in [3.05, 3.63) is 94.0 Å². The average molecular weight is 439 g/mol. The van der Waals surface area contributed by atoms with Gasteiger partial charge >= 0.3 is 5.69 Å². The topological polar surface area (TPSA) is 131 Å². The molecule has 0 saturated carbocycles. The van der Waals surface area contributed by atoms with Crippen LogP contribution in [0.3, 0.4) is 0 Å². The van der Waals surface area contributed by atoms with E-state index in [0.717, 1.165) is 16.5 Å². The monoisotopic (exact) mass is 439 g/mol. The van der Waals surface area contributed by atoms with Gasteiger partial charge in [-0.05, 0) is 17.7 Å². The highest BCUT2D eigenvalue weighted by Crippen LogP contribution is 2.29. The fraction of sp³-hybridized carbons (Fsp3) is 0.0435. The summed E-state index contributed by atoms with van der Waals surface area (Å²) in [6.07, 6.45) is 1.26. The number of anilines is 1. The highest BCUT2D eigenvalue weighted by atomic mass is 16.6. The van der Waals surface area contributed by atoms with Gasteiger partial charge in [-0.25, -0.2) is 5.43 Å². The van der Waals surface area contributed by atoms with Gasteiger partial charge < -0.3 is 9.67 Å². The van der Waals surface area contributed by atoms with E-state index in [-0.39, 0.29) is 11.5 Å². The molecule has 2 heterocycles. The van der Waals surface area contributed by atoms with Crippen LogP contribution in [0.2, 0.25) is 0 Å². The van der Waals surface area contributed by atoms with Crippen LogP contribution >= 0.6 is 0 Å². The minimum absolute atomic E-state index is 0.154. The van der Waals surface area contributed by atoms with Crippen LogP contribution in [0.15, 0.2) is 77.9 Å². The van der Waals surface area contributed by atoms with Gasteiger partial charge in [-0.15, -0.1) is 10.2 Å². The largest absolute Gasteiger partial charge is 0.502 e. The molecule has 2 N–H and O–H groups in total. The van der Waals surface area contributed by atoms with Crippen molar-refractivity contribution < 1.29 is 10.0 Å². The van der Waals surface area contributed by atoms with E-state index in [9.17, 15) is 15.2 Å². The maximum absolute atomic E-state index is 11.0. The Morgan fingerprint density at radius 1 is 1.03 bits per heavy atom. The molecule has 0 saturated heterocycles. The van der Waals surface area contributed by atoms with Crippen molar-refractivity contribution in [1.82, 2.24) is 19.7 Å². The molecule has 2 aromatic heterocycles. The standard InChI is InChI=1S/C23H17N7O3/c31-21-16(9-6-12-19(21)30(32)33)13-24-27-23-25-22-20(26-28-23)17-10-4-5-11-18(17)29(22)14-15-7-2-1-3-8-15/h1-13,31H,14H2,(H,25,27,28). The Kier molecular flexibility index (Phi) is 5.07. The van der Waals surface area contributed by atoms with E-state index in [2.05, 4.69) is 30.3 Å². The van der Waals surface area contributed by atoms with E-state index in [1.165, 1.54) is 24.4 Å². The number of benzene rings is 3. The molecule has 0 unspecified atom stereocenters. The summed E-state index contributed by atoms with van der Waals surface area (Å²) in [5.74, 6) is -0.314. The van der Waals surface area contributed by atoms with Crippen LogP contribution in [0.25, 0.3) is 22.1 Å². The van der Waals surface area contributed by atoms with Crippen LogP contribution in [-0.4, -0.2) is 36.0 Å². The number of rotatable bonds is 6. The number of aromatic nitrogens is 4. The molecule has 0 fully saturated rings. The molecule has 0 aliphatic carbocycles. The maximum atomic E-state index is 11.0. The number of nitrogens with zero attached hydrogens (tertiary/aromatic N) is 6. The minimum atomic E-state index is -0.660. The predicted molar refractivity (Wildman–Crippen MR) is 124 cm³/mol. The van der Waals surface area contributed by atoms with Gasteiger partial charge in [0.15, 0.2) is 5.65 Å². The molecule has 0 amide bonds. The fourth-order valence-electron chi connectivity index (χ4n) is 3.64. The van der Waals surface area contributed by atoms with Crippen LogP contribution in [0.5, 0.6) is 5.75 Å². The number of nitrogens with one attached hydrogen (secondary N) is 1. The van der Waals surface area contributed by atoms with Gasteiger partial charge in [0.05, 0.1) is 16.7 Å². The lowest BCUT2D eigenvalue weighted by molar-refractivity contribution is -0.385. The maximum Gasteiger partial charge on any atom is 0.311 e. The summed E-state index contributed by atoms with van der Waals surface area (Å²) >= 11 is 0. The molecule has 162 valence electrons. The van der Waals surface area contributed by atoms with Gasteiger partial charge in [-0.2, -0.15) is 10.1 Å². The lowest BCUT2D eigenvalue weighted by Crippen LogP contribution is -2.04. The Hall–Kier alpha value is -4.86. The van der Waals surface area contributed by atoms with E-state index < -0.39 is 16.4 Å². The Morgan fingerprint density at radius 2 is 1.82 bits per heavy atom. The number of para-hydroxylation sites is 2. The first-order chi connectivity index (χ1) is 16.1. The second kappa shape index (κ2) is 8.35. The first-order valence-corrected chi connectivity index (χ1v) is 10.0. The van der Waals surface area contributed by atoms with E-state index in [1.54, 1.807) is 0 Å². The van der Waals surface area contributed by atoms with Crippen LogP contribution < -0.4 is 5.43 Å². The molecule has 5 aromatic rings. The van der Waals surface area contributed by atoms with E-state index in [0.29, 0.717) is 17.7 Å². The van der Waals surface area contributed by atoms with Crippen molar-refractivity contribution in [2.75, 3.05) is 5.43 Å². The zero-order valence-corrected chi connectivity index (χ0v) is 17.2. The van der Waals surface area contributed by atoms with Crippen LogP contribution in [0, 0.1) is 10.1 Å². The summed E-state index contributed by atoms with van der Waals surface area (Å²) in [4.78, 5) is 14.9. The number of nitro benzene ring substituents is 1. The zero-order chi connectivity index (χ0) is 22.8. The first-order valence-electron chi connectivity index (χ1n) is 10.0. The lowest BCUT2D eigenvalue weighted by atomic mass is 10.2. The summed E-state index contributed by atoms with van der Waals surface area (Å²) < 4.78 is 2.07. The second-order valence-electron chi connectivity index (χ2n) is 7.24. The number of nitro groups is 1. The molecular formula is C23H17N7O3. The summed E-state index contributed by atoms with van der Waals surface area (Å²) in [6, 6.07) is 22.1. The Balaban J connectivity index is 1.50. The van der Waals surface area contributed by atoms with Crippen LogP contribution in [0.1, 0.15) is 11.1 Å². The molecule has 0 bridgehead atoms. The molecule has 33 heavy (non-hydrogen) atoms. The molecule has 0 aliphatic heterocycles. The molecule has 0 aliphatic rings. The molecular weight excluding hydrogens is 422 g/mol. The summed E-state index contributed by atoms with van der Waals surface area (Å²) in [7, 11) is 0. The molecule has 0 atom stereocenters. The van der Waals surface area contributed by atoms with Gasteiger partial charge in [0.2, 0.25) is 5.75 Å². The molecule has 0 radical (unpaired) electrons. The van der Waals surface area contributed by atoms with Gasteiger partial charge in [-0.1, -0.05) is 54.6 Å². The van der Waals surface area contributed by atoms with Crippen molar-refractivity contribution in [2.45, 2.75) is 6.54 Å². The second-order valence-corrected chi connectivity index (χ2v) is 7.24. The predicted octanol–water partition coefficient (Wildman–Crippen LogP) is 4.09. The van der Waals surface area contributed by atoms with Gasteiger partial charge in [0.1, 0.15) is 5.52 Å². The number of hydrazone groups is 1. The number of phenols is 1. The number of hydrogen-bond donors (Lipinski definition) is 2. The van der Waals surface area contributed by atoms with E-state index in [1.807, 2.05) is 54.6 Å². The molecule has 10 nitrogen and oxygen atoms in total. The summed E-state index contributed by atoms with van der Waals surface area (Å²) in [6.45, 7) is 0.605. The van der Waals surface area contributed by atoms with Crippen LogP contribution in [0.4, 0.5) is 11.6 Å². The number of phenolic OH excluding ortho intramolecular Hbond substituents is 1. The molecule has 3 aromatic carbocycles. The number of hydrogen-bond acceptors (Lipinski definition) is 8. The SMILES string of the molecule is O=[N+]([O-])c1cccc(C=NNc2nnc3c4ccccc4n(Cc4ccccc4)c3n2)c1O. The molecule has 5 rings (SSSR count). The molecule has 0 spiro atoms. The van der Waals surface area contributed by atoms with Crippen LogP contribution in [-0.2, 0) is 6.54 Å². The van der Waals surface area contributed by atoms with Crippen molar-refractivity contribution in [3.8, 4) is 5.75 Å². The van der Waals surface area contributed by atoms with Crippen molar-refractivity contribution >= 4 is 39.9 Å². The van der Waals surface area contributed by atoms with E-state index >= 15 is 0 Å². The lowest BCUT2D eigenvalue weighted by Gasteiger charge is -2.07. The Morgan fingerprint density at radius 3 is 2.64 bits per heavy atom. The molecule has 10 heteroatoms. The third kappa shape index (κ3) is 3.81. The average Bonchev–Trinajstić information content (AvgIpc) is 3.14. The quantitative estimate of drug-likeness (QED) is 0.231. The number of aromatic hydroxyl groups is 1. The Bertz CT molecular complexity index is 1510. The van der Waals surface area contributed by atoms with Crippen molar-refractivity contribution in [3.63, 3.8) is 0 Å². The first kappa shape index (κ1) is 20.1. The third-order valence-electron chi connectivity index (χ3n) is 5.17. The fourth-order valence-corrected chi connectivity index (χ4v) is 3.64. The minimum Gasteiger partial charge on any atom is -0.502 e. The van der Waals surface area contributed by atoms with Gasteiger partial charge in [0.25, 0.3) is 5.95 Å². The van der Waals surface area contributed by atoms with Gasteiger partial charge in [-0.3, -0.25) is 10.1 Å². The van der Waals surface area contributed by atoms with E-state index in [4.69, 9.17) is 0 Å². The zero-order valence-electron chi connectivity index (χ0n) is 17.2. The smallest absolute Gasteiger partial charge is 0.311 e. The Labute approximate surface area is 187 Å². The summed E-state index contributed by atoms with van der Waals surface area (Å²) in [5, 5.41) is 34.4. The normalized spacial score (nSPS) is 11.4. The highest BCUT2D eigenvalue weighted by molar-refractivity contribution is 6.04. The van der Waals surface area contributed by atoms with Gasteiger partial charge in [0, 0.05) is 23.6 Å².